The highest BCUT2D eigenvalue weighted by molar-refractivity contribution is 9.10. The summed E-state index contributed by atoms with van der Waals surface area (Å²) in [5.74, 6) is -2.26. The Kier molecular flexibility index (Phi) is 6.87. The SMILES string of the molecule is CCOC(=O)C(NC(=O)c1cccc(Br)c1)C(=O)OCC. The van der Waals surface area contributed by atoms with Crippen LogP contribution < -0.4 is 5.32 Å². The van der Waals surface area contributed by atoms with E-state index in [0.717, 1.165) is 0 Å². The molecule has 0 radical (unpaired) electrons. The first-order valence-electron chi connectivity index (χ1n) is 6.39. The van der Waals surface area contributed by atoms with Crippen molar-refractivity contribution in [1.82, 2.24) is 5.32 Å². The summed E-state index contributed by atoms with van der Waals surface area (Å²) >= 11 is 3.24. The van der Waals surface area contributed by atoms with Gasteiger partial charge in [0.1, 0.15) is 0 Å². The Morgan fingerprint density at radius 1 is 1.14 bits per heavy atom. The number of hydrogen-bond donors (Lipinski definition) is 1. The first-order chi connectivity index (χ1) is 9.99. The van der Waals surface area contributed by atoms with Gasteiger partial charge in [-0.3, -0.25) is 4.79 Å². The fourth-order valence-corrected chi connectivity index (χ4v) is 1.91. The Bertz CT molecular complexity index is 514. The largest absolute Gasteiger partial charge is 0.464 e. The van der Waals surface area contributed by atoms with E-state index in [2.05, 4.69) is 21.2 Å². The average molecular weight is 358 g/mol. The average Bonchev–Trinajstić information content (AvgIpc) is 2.44. The molecule has 1 amide bonds. The molecule has 0 aromatic heterocycles. The molecule has 0 bridgehead atoms. The molecule has 114 valence electrons. The molecule has 0 aliphatic rings. The van der Waals surface area contributed by atoms with Crippen LogP contribution in [0.3, 0.4) is 0 Å². The summed E-state index contributed by atoms with van der Waals surface area (Å²) in [6.45, 7) is 3.41. The fraction of sp³-hybridized carbons (Fsp3) is 0.357. The van der Waals surface area contributed by atoms with E-state index in [1.807, 2.05) is 0 Å². The molecule has 6 nitrogen and oxygen atoms in total. The lowest BCUT2D eigenvalue weighted by molar-refractivity contribution is -0.157. The zero-order chi connectivity index (χ0) is 15.8. The monoisotopic (exact) mass is 357 g/mol. The van der Waals surface area contributed by atoms with Crippen LogP contribution in [-0.2, 0) is 19.1 Å². The number of esters is 2. The molecule has 1 aromatic rings. The number of amides is 1. The van der Waals surface area contributed by atoms with Crippen molar-refractivity contribution in [2.45, 2.75) is 19.9 Å². The van der Waals surface area contributed by atoms with Gasteiger partial charge in [-0.25, -0.2) is 9.59 Å². The minimum atomic E-state index is -1.48. The maximum atomic E-state index is 12.1. The minimum Gasteiger partial charge on any atom is -0.464 e. The van der Waals surface area contributed by atoms with Gasteiger partial charge in [-0.1, -0.05) is 22.0 Å². The molecule has 0 unspecified atom stereocenters. The second-order valence-corrected chi connectivity index (χ2v) is 4.84. The smallest absolute Gasteiger partial charge is 0.340 e. The lowest BCUT2D eigenvalue weighted by Crippen LogP contribution is -2.48. The van der Waals surface area contributed by atoms with Gasteiger partial charge in [-0.15, -0.1) is 0 Å². The van der Waals surface area contributed by atoms with Crippen LogP contribution in [0.15, 0.2) is 28.7 Å². The van der Waals surface area contributed by atoms with Crippen molar-refractivity contribution in [3.63, 3.8) is 0 Å². The molecule has 0 saturated heterocycles. The third kappa shape index (κ3) is 5.18. The number of rotatable bonds is 6. The number of carbonyl (C=O) groups excluding carboxylic acids is 3. The van der Waals surface area contributed by atoms with Crippen LogP contribution in [0, 0.1) is 0 Å². The van der Waals surface area contributed by atoms with E-state index in [-0.39, 0.29) is 13.2 Å². The van der Waals surface area contributed by atoms with Crippen LogP contribution in [0.25, 0.3) is 0 Å². The number of nitrogens with one attached hydrogen (secondary N) is 1. The molecule has 0 atom stereocenters. The van der Waals surface area contributed by atoms with Gasteiger partial charge < -0.3 is 14.8 Å². The van der Waals surface area contributed by atoms with Crippen LogP contribution >= 0.6 is 15.9 Å². The standard InChI is InChI=1S/C14H16BrNO5/c1-3-20-13(18)11(14(19)21-4-2)16-12(17)9-6-5-7-10(15)8-9/h5-8,11H,3-4H2,1-2H3,(H,16,17). The molecule has 1 aromatic carbocycles. The Labute approximate surface area is 130 Å². The number of halogens is 1. The summed E-state index contributed by atoms with van der Waals surface area (Å²) in [6, 6.07) is 5.08. The summed E-state index contributed by atoms with van der Waals surface area (Å²) in [6.07, 6.45) is 0. The molecular weight excluding hydrogens is 342 g/mol. The summed E-state index contributed by atoms with van der Waals surface area (Å²) in [5, 5.41) is 2.32. The summed E-state index contributed by atoms with van der Waals surface area (Å²) < 4.78 is 10.2. The third-order valence-corrected chi connectivity index (χ3v) is 2.90. The van der Waals surface area contributed by atoms with Gasteiger partial charge >= 0.3 is 11.9 Å². The molecule has 21 heavy (non-hydrogen) atoms. The van der Waals surface area contributed by atoms with Crippen molar-refractivity contribution >= 4 is 33.8 Å². The summed E-state index contributed by atoms with van der Waals surface area (Å²) in [7, 11) is 0. The number of carbonyl (C=O) groups is 3. The van der Waals surface area contributed by atoms with Crippen LogP contribution in [0.5, 0.6) is 0 Å². The van der Waals surface area contributed by atoms with E-state index in [1.54, 1.807) is 38.1 Å². The zero-order valence-corrected chi connectivity index (χ0v) is 13.3. The maximum absolute atomic E-state index is 12.1. The van der Waals surface area contributed by atoms with Gasteiger partial charge in [0.2, 0.25) is 6.04 Å². The fourth-order valence-electron chi connectivity index (χ4n) is 1.51. The van der Waals surface area contributed by atoms with Gasteiger partial charge in [0.25, 0.3) is 5.91 Å². The molecule has 1 N–H and O–H groups in total. The highest BCUT2D eigenvalue weighted by Gasteiger charge is 2.31. The van der Waals surface area contributed by atoms with E-state index in [9.17, 15) is 14.4 Å². The van der Waals surface area contributed by atoms with Crippen molar-refractivity contribution in [3.05, 3.63) is 34.3 Å². The predicted molar refractivity (Wildman–Crippen MR) is 78.7 cm³/mol. The van der Waals surface area contributed by atoms with Gasteiger partial charge in [0, 0.05) is 10.0 Å². The highest BCUT2D eigenvalue weighted by Crippen LogP contribution is 2.11. The number of hydrogen-bond acceptors (Lipinski definition) is 5. The minimum absolute atomic E-state index is 0.0987. The number of ether oxygens (including phenoxy) is 2. The Morgan fingerprint density at radius 3 is 2.19 bits per heavy atom. The third-order valence-electron chi connectivity index (χ3n) is 2.41. The molecule has 0 heterocycles. The first-order valence-corrected chi connectivity index (χ1v) is 7.18. The highest BCUT2D eigenvalue weighted by atomic mass is 79.9. The molecule has 1 rings (SSSR count). The van der Waals surface area contributed by atoms with Crippen molar-refractivity contribution in [1.29, 1.82) is 0 Å². The van der Waals surface area contributed by atoms with E-state index in [4.69, 9.17) is 9.47 Å². The van der Waals surface area contributed by atoms with Gasteiger partial charge in [-0.2, -0.15) is 0 Å². The molecule has 0 fully saturated rings. The lowest BCUT2D eigenvalue weighted by Gasteiger charge is -2.15. The van der Waals surface area contributed by atoms with E-state index < -0.39 is 23.9 Å². The summed E-state index contributed by atoms with van der Waals surface area (Å²) in [4.78, 5) is 35.6. The topological polar surface area (TPSA) is 81.7 Å². The zero-order valence-electron chi connectivity index (χ0n) is 11.7. The van der Waals surface area contributed by atoms with Crippen molar-refractivity contribution in [2.24, 2.45) is 0 Å². The first kappa shape index (κ1) is 17.2. The van der Waals surface area contributed by atoms with E-state index in [0.29, 0.717) is 10.0 Å². The normalized spacial score (nSPS) is 10.1. The second kappa shape index (κ2) is 8.41. The van der Waals surface area contributed by atoms with E-state index in [1.165, 1.54) is 0 Å². The van der Waals surface area contributed by atoms with Crippen LogP contribution in [-0.4, -0.2) is 37.1 Å². The molecular formula is C14H16BrNO5. The maximum Gasteiger partial charge on any atom is 0.340 e. The predicted octanol–water partition coefficient (Wildman–Crippen LogP) is 1.67. The van der Waals surface area contributed by atoms with Gasteiger partial charge in [0.05, 0.1) is 13.2 Å². The Balaban J connectivity index is 2.87. The van der Waals surface area contributed by atoms with Crippen LogP contribution in [0.1, 0.15) is 24.2 Å². The molecule has 0 aliphatic carbocycles. The Morgan fingerprint density at radius 2 is 1.71 bits per heavy atom. The second-order valence-electron chi connectivity index (χ2n) is 3.92. The molecule has 0 spiro atoms. The van der Waals surface area contributed by atoms with Crippen molar-refractivity contribution in [2.75, 3.05) is 13.2 Å². The van der Waals surface area contributed by atoms with Crippen molar-refractivity contribution in [3.8, 4) is 0 Å². The molecule has 7 heteroatoms. The Hall–Kier alpha value is -1.89. The molecule has 0 aliphatic heterocycles. The lowest BCUT2D eigenvalue weighted by atomic mass is 10.2. The number of benzene rings is 1. The quantitative estimate of drug-likeness (QED) is 0.618. The van der Waals surface area contributed by atoms with Crippen LogP contribution in [0.2, 0.25) is 0 Å². The van der Waals surface area contributed by atoms with Crippen LogP contribution in [0.4, 0.5) is 0 Å². The van der Waals surface area contributed by atoms with Gasteiger partial charge in [-0.05, 0) is 32.0 Å². The summed E-state index contributed by atoms with van der Waals surface area (Å²) in [5.41, 5.74) is 0.308. The molecule has 0 saturated carbocycles. The van der Waals surface area contributed by atoms with E-state index >= 15 is 0 Å². The van der Waals surface area contributed by atoms with Gasteiger partial charge in [0.15, 0.2) is 0 Å². The van der Waals surface area contributed by atoms with Crippen molar-refractivity contribution < 1.29 is 23.9 Å².